The lowest BCUT2D eigenvalue weighted by molar-refractivity contribution is 0.352. The molecule has 1 atom stereocenters. The average Bonchev–Trinajstić information content (AvgIpc) is 2.53. The molecule has 2 nitrogen and oxygen atoms in total. The fraction of sp³-hybridized carbons (Fsp3) is 0.176. The van der Waals surface area contributed by atoms with Crippen molar-refractivity contribution in [2.75, 3.05) is 6.61 Å². The van der Waals surface area contributed by atoms with Gasteiger partial charge in [-0.15, -0.1) is 0 Å². The molecular formula is C17H17ClO2S. The zero-order valence-electron chi connectivity index (χ0n) is 12.0. The molecule has 0 fully saturated rings. The third-order valence-corrected chi connectivity index (χ3v) is 5.05. The first-order valence-electron chi connectivity index (χ1n) is 6.59. The average molecular weight is 321 g/mol. The number of benzene rings is 2. The Morgan fingerprint density at radius 2 is 1.71 bits per heavy atom. The molecule has 0 aliphatic rings. The van der Waals surface area contributed by atoms with Crippen molar-refractivity contribution in [1.82, 2.24) is 0 Å². The minimum atomic E-state index is -1.36. The molecule has 0 aliphatic carbocycles. The van der Waals surface area contributed by atoms with Gasteiger partial charge in [0.15, 0.2) is 0 Å². The lowest BCUT2D eigenvalue weighted by Gasteiger charge is -2.09. The van der Waals surface area contributed by atoms with E-state index in [2.05, 4.69) is 0 Å². The SMILES string of the molecule is C/C(COc1ccccc1)=C(\Cl)S(=O)c1ccc(C)cc1. The van der Waals surface area contributed by atoms with E-state index >= 15 is 0 Å². The first kappa shape index (κ1) is 15.8. The fourth-order valence-electron chi connectivity index (χ4n) is 1.69. The van der Waals surface area contributed by atoms with Crippen molar-refractivity contribution in [2.24, 2.45) is 0 Å². The molecule has 2 aromatic rings. The maximum absolute atomic E-state index is 12.4. The Bertz CT molecular complexity index is 648. The highest BCUT2D eigenvalue weighted by Crippen LogP contribution is 2.22. The van der Waals surface area contributed by atoms with E-state index in [0.29, 0.717) is 15.9 Å². The summed E-state index contributed by atoms with van der Waals surface area (Å²) >= 11 is 6.22. The molecule has 21 heavy (non-hydrogen) atoms. The fourth-order valence-corrected chi connectivity index (χ4v) is 2.98. The van der Waals surface area contributed by atoms with Crippen LogP contribution in [0.15, 0.2) is 69.4 Å². The minimum absolute atomic E-state index is 0.320. The predicted molar refractivity (Wildman–Crippen MR) is 88.1 cm³/mol. The van der Waals surface area contributed by atoms with Gasteiger partial charge >= 0.3 is 0 Å². The van der Waals surface area contributed by atoms with Gasteiger partial charge in [-0.05, 0) is 43.7 Å². The summed E-state index contributed by atoms with van der Waals surface area (Å²) in [5, 5.41) is 0. The van der Waals surface area contributed by atoms with Crippen LogP contribution in [0.25, 0.3) is 0 Å². The number of ether oxygens (including phenoxy) is 1. The van der Waals surface area contributed by atoms with Crippen molar-refractivity contribution >= 4 is 22.4 Å². The number of hydrogen-bond acceptors (Lipinski definition) is 2. The van der Waals surface area contributed by atoms with Crippen LogP contribution in [-0.4, -0.2) is 10.8 Å². The standard InChI is InChI=1S/C17H17ClO2S/c1-13-8-10-16(11-9-13)21(19)17(18)14(2)12-20-15-6-4-3-5-7-15/h3-11H,12H2,1-2H3/b17-14-. The molecule has 0 aromatic heterocycles. The molecule has 0 saturated heterocycles. The second-order valence-corrected chi connectivity index (χ2v) is 6.76. The van der Waals surface area contributed by atoms with E-state index in [9.17, 15) is 4.21 Å². The quantitative estimate of drug-likeness (QED) is 0.801. The Morgan fingerprint density at radius 3 is 2.33 bits per heavy atom. The van der Waals surface area contributed by atoms with E-state index in [-0.39, 0.29) is 0 Å². The van der Waals surface area contributed by atoms with Crippen molar-refractivity contribution in [2.45, 2.75) is 18.7 Å². The van der Waals surface area contributed by atoms with E-state index in [1.54, 1.807) is 0 Å². The third kappa shape index (κ3) is 4.45. The third-order valence-electron chi connectivity index (χ3n) is 2.93. The highest BCUT2D eigenvalue weighted by molar-refractivity contribution is 7.90. The summed E-state index contributed by atoms with van der Waals surface area (Å²) in [7, 11) is -1.36. The van der Waals surface area contributed by atoms with Gasteiger partial charge in [0.2, 0.25) is 0 Å². The van der Waals surface area contributed by atoms with Crippen molar-refractivity contribution in [3.63, 3.8) is 0 Å². The van der Waals surface area contributed by atoms with Crippen molar-refractivity contribution in [3.05, 3.63) is 70.1 Å². The lowest BCUT2D eigenvalue weighted by atomic mass is 10.2. The van der Waals surface area contributed by atoms with Gasteiger partial charge in [-0.2, -0.15) is 0 Å². The maximum Gasteiger partial charge on any atom is 0.119 e. The van der Waals surface area contributed by atoms with Crippen LogP contribution in [0.4, 0.5) is 0 Å². The Kier molecular flexibility index (Phi) is 5.59. The van der Waals surface area contributed by atoms with Gasteiger partial charge in [0.05, 0.1) is 10.8 Å². The van der Waals surface area contributed by atoms with Crippen molar-refractivity contribution < 1.29 is 8.95 Å². The summed E-state index contributed by atoms with van der Waals surface area (Å²) in [6.07, 6.45) is 0. The highest BCUT2D eigenvalue weighted by Gasteiger charge is 2.11. The molecule has 4 heteroatoms. The molecule has 0 aliphatic heterocycles. The molecule has 2 aromatic carbocycles. The molecule has 0 amide bonds. The smallest absolute Gasteiger partial charge is 0.119 e. The van der Waals surface area contributed by atoms with Gasteiger partial charge in [0.1, 0.15) is 16.7 Å². The Hall–Kier alpha value is -1.58. The van der Waals surface area contributed by atoms with E-state index in [1.807, 2.05) is 68.4 Å². The largest absolute Gasteiger partial charge is 0.489 e. The summed E-state index contributed by atoms with van der Waals surface area (Å²) in [5.41, 5.74) is 1.89. The van der Waals surface area contributed by atoms with Crippen LogP contribution in [0.3, 0.4) is 0 Å². The molecule has 1 unspecified atom stereocenters. The Balaban J connectivity index is 2.07. The van der Waals surface area contributed by atoms with Crippen molar-refractivity contribution in [3.8, 4) is 5.75 Å². The topological polar surface area (TPSA) is 26.3 Å². The van der Waals surface area contributed by atoms with Crippen LogP contribution in [-0.2, 0) is 10.8 Å². The Labute approximate surface area is 132 Å². The molecule has 2 rings (SSSR count). The summed E-state index contributed by atoms with van der Waals surface area (Å²) in [4.78, 5) is 0.699. The highest BCUT2D eigenvalue weighted by atomic mass is 35.5. The van der Waals surface area contributed by atoms with Gasteiger partial charge in [0, 0.05) is 4.90 Å². The summed E-state index contributed by atoms with van der Waals surface area (Å²) in [6.45, 7) is 4.14. The normalized spacial score (nSPS) is 13.5. The van der Waals surface area contributed by atoms with Gasteiger partial charge < -0.3 is 4.74 Å². The summed E-state index contributed by atoms with van der Waals surface area (Å²) in [6, 6.07) is 17.0. The number of halogens is 1. The number of rotatable bonds is 5. The molecule has 0 saturated carbocycles. The molecule has 0 heterocycles. The number of hydrogen-bond donors (Lipinski definition) is 0. The second kappa shape index (κ2) is 7.43. The predicted octanol–water partition coefficient (Wildman–Crippen LogP) is 4.65. The van der Waals surface area contributed by atoms with E-state index in [1.165, 1.54) is 0 Å². The van der Waals surface area contributed by atoms with E-state index in [4.69, 9.17) is 16.3 Å². The van der Waals surface area contributed by atoms with Gasteiger partial charge in [-0.3, -0.25) is 0 Å². The zero-order valence-corrected chi connectivity index (χ0v) is 13.6. The molecule has 0 radical (unpaired) electrons. The van der Waals surface area contributed by atoms with Crippen LogP contribution >= 0.6 is 11.6 Å². The molecule has 110 valence electrons. The first-order valence-corrected chi connectivity index (χ1v) is 8.12. The van der Waals surface area contributed by atoms with Crippen LogP contribution in [0.1, 0.15) is 12.5 Å². The summed E-state index contributed by atoms with van der Waals surface area (Å²) < 4.78 is 18.3. The van der Waals surface area contributed by atoms with Crippen LogP contribution in [0.5, 0.6) is 5.75 Å². The molecular weight excluding hydrogens is 304 g/mol. The van der Waals surface area contributed by atoms with Gasteiger partial charge in [-0.1, -0.05) is 47.5 Å². The molecule has 0 bridgehead atoms. The summed E-state index contributed by atoms with van der Waals surface area (Å²) in [5.74, 6) is 0.766. The van der Waals surface area contributed by atoms with Gasteiger partial charge in [-0.25, -0.2) is 4.21 Å². The number of para-hydroxylation sites is 1. The van der Waals surface area contributed by atoms with Gasteiger partial charge in [0.25, 0.3) is 0 Å². The maximum atomic E-state index is 12.4. The van der Waals surface area contributed by atoms with E-state index in [0.717, 1.165) is 16.9 Å². The number of aryl methyl sites for hydroxylation is 1. The zero-order chi connectivity index (χ0) is 15.2. The lowest BCUT2D eigenvalue weighted by Crippen LogP contribution is -2.03. The van der Waals surface area contributed by atoms with Crippen LogP contribution in [0.2, 0.25) is 0 Å². The van der Waals surface area contributed by atoms with Crippen LogP contribution in [0, 0.1) is 6.92 Å². The first-order chi connectivity index (χ1) is 10.1. The Morgan fingerprint density at radius 1 is 1.10 bits per heavy atom. The minimum Gasteiger partial charge on any atom is -0.489 e. The second-order valence-electron chi connectivity index (χ2n) is 4.74. The monoisotopic (exact) mass is 320 g/mol. The molecule has 0 N–H and O–H groups in total. The van der Waals surface area contributed by atoms with Crippen molar-refractivity contribution in [1.29, 1.82) is 0 Å². The van der Waals surface area contributed by atoms with Crippen LogP contribution < -0.4 is 4.74 Å². The molecule has 0 spiro atoms. The van der Waals surface area contributed by atoms with E-state index < -0.39 is 10.8 Å².